The van der Waals surface area contributed by atoms with E-state index in [2.05, 4.69) is 39.3 Å². The van der Waals surface area contributed by atoms with Gasteiger partial charge in [0.05, 0.1) is 4.90 Å². The summed E-state index contributed by atoms with van der Waals surface area (Å²) in [6.07, 6.45) is 8.25. The van der Waals surface area contributed by atoms with Crippen LogP contribution < -0.4 is 4.72 Å². The molecule has 0 aromatic heterocycles. The number of hydrogen-bond donors (Lipinski definition) is 1. The Hall–Kier alpha value is -1.46. The lowest BCUT2D eigenvalue weighted by molar-refractivity contribution is -0.125. The summed E-state index contributed by atoms with van der Waals surface area (Å²) < 4.78 is 28.1. The first-order valence-electron chi connectivity index (χ1n) is 11.4. The van der Waals surface area contributed by atoms with E-state index in [0.29, 0.717) is 12.5 Å². The van der Waals surface area contributed by atoms with Gasteiger partial charge in [-0.1, -0.05) is 66.0 Å². The van der Waals surface area contributed by atoms with Crippen molar-refractivity contribution in [3.63, 3.8) is 0 Å². The predicted molar refractivity (Wildman–Crippen MR) is 123 cm³/mol. The van der Waals surface area contributed by atoms with E-state index in [0.717, 1.165) is 49.7 Å². The minimum atomic E-state index is -3.52. The summed E-state index contributed by atoms with van der Waals surface area (Å²) in [5.41, 5.74) is 1.50. The molecular weight excluding hydrogens is 394 g/mol. The number of rotatable bonds is 9. The summed E-state index contributed by atoms with van der Waals surface area (Å²) in [4.78, 5) is 13.3. The zero-order valence-corrected chi connectivity index (χ0v) is 19.9. The molecule has 2 bridgehead atoms. The maximum Gasteiger partial charge on any atom is 0.240 e. The van der Waals surface area contributed by atoms with Gasteiger partial charge in [-0.2, -0.15) is 0 Å². The molecule has 0 radical (unpaired) electrons. The van der Waals surface area contributed by atoms with E-state index >= 15 is 0 Å². The highest BCUT2D eigenvalue weighted by Gasteiger charge is 2.63. The second-order valence-corrected chi connectivity index (χ2v) is 11.7. The SMILES string of the molecule is CCCCC(CC)CNS(=O)(=O)c1ccc(C=C2C(=O)C3(C)CCC2C3(C)C)cc1. The molecule has 1 N–H and O–H groups in total. The molecule has 2 saturated carbocycles. The lowest BCUT2D eigenvalue weighted by Gasteiger charge is -2.31. The summed E-state index contributed by atoms with van der Waals surface area (Å²) in [5.74, 6) is 0.922. The maximum absolute atomic E-state index is 13.0. The van der Waals surface area contributed by atoms with Gasteiger partial charge in [0.1, 0.15) is 0 Å². The number of unbranched alkanes of at least 4 members (excludes halogenated alkanes) is 1. The van der Waals surface area contributed by atoms with Crippen molar-refractivity contribution in [3.8, 4) is 0 Å². The summed E-state index contributed by atoms with van der Waals surface area (Å²) in [5, 5.41) is 0. The van der Waals surface area contributed by atoms with Gasteiger partial charge in [0.25, 0.3) is 0 Å². The molecular formula is C25H37NO3S. The first-order chi connectivity index (χ1) is 14.1. The van der Waals surface area contributed by atoms with Crippen molar-refractivity contribution in [1.29, 1.82) is 0 Å². The molecule has 2 aliphatic carbocycles. The summed E-state index contributed by atoms with van der Waals surface area (Å²) in [6.45, 7) is 11.2. The first-order valence-corrected chi connectivity index (χ1v) is 12.9. The van der Waals surface area contributed by atoms with Gasteiger partial charge in [0.2, 0.25) is 10.0 Å². The molecule has 3 atom stereocenters. The van der Waals surface area contributed by atoms with Gasteiger partial charge in [-0.15, -0.1) is 0 Å². The van der Waals surface area contributed by atoms with E-state index in [4.69, 9.17) is 0 Å². The van der Waals surface area contributed by atoms with Gasteiger partial charge in [-0.05, 0) is 65.9 Å². The van der Waals surface area contributed by atoms with Crippen LogP contribution in [0, 0.1) is 22.7 Å². The van der Waals surface area contributed by atoms with E-state index < -0.39 is 10.0 Å². The van der Waals surface area contributed by atoms with Crippen molar-refractivity contribution in [2.45, 2.75) is 78.0 Å². The van der Waals surface area contributed by atoms with Gasteiger partial charge in [0.15, 0.2) is 5.78 Å². The second-order valence-electron chi connectivity index (χ2n) is 9.91. The van der Waals surface area contributed by atoms with Gasteiger partial charge in [0, 0.05) is 12.0 Å². The molecule has 166 valence electrons. The van der Waals surface area contributed by atoms with Gasteiger partial charge in [-0.25, -0.2) is 13.1 Å². The van der Waals surface area contributed by atoms with Crippen molar-refractivity contribution >= 4 is 21.9 Å². The highest BCUT2D eigenvalue weighted by molar-refractivity contribution is 7.89. The quantitative estimate of drug-likeness (QED) is 0.518. The third-order valence-corrected chi connectivity index (χ3v) is 9.42. The number of sulfonamides is 1. The molecule has 0 spiro atoms. The van der Waals surface area contributed by atoms with Crippen molar-refractivity contribution in [3.05, 3.63) is 35.4 Å². The number of carbonyl (C=O) groups is 1. The number of benzene rings is 1. The summed E-state index contributed by atoms with van der Waals surface area (Å²) in [6, 6.07) is 6.91. The van der Waals surface area contributed by atoms with Crippen LogP contribution in [0.1, 0.15) is 78.7 Å². The van der Waals surface area contributed by atoms with Gasteiger partial charge in [-0.3, -0.25) is 4.79 Å². The minimum Gasteiger partial charge on any atom is -0.294 e. The number of allylic oxidation sites excluding steroid dienone is 1. The first kappa shape index (κ1) is 23.2. The Morgan fingerprint density at radius 2 is 1.83 bits per heavy atom. The molecule has 0 heterocycles. The van der Waals surface area contributed by atoms with E-state index in [9.17, 15) is 13.2 Å². The number of ketones is 1. The fourth-order valence-electron chi connectivity index (χ4n) is 5.27. The summed E-state index contributed by atoms with van der Waals surface area (Å²) >= 11 is 0. The molecule has 2 fully saturated rings. The number of carbonyl (C=O) groups excluding carboxylic acids is 1. The predicted octanol–water partition coefficient (Wildman–Crippen LogP) is 5.59. The Balaban J connectivity index is 1.72. The largest absolute Gasteiger partial charge is 0.294 e. The third-order valence-electron chi connectivity index (χ3n) is 7.98. The van der Waals surface area contributed by atoms with Crippen molar-refractivity contribution in [2.24, 2.45) is 22.7 Å². The number of hydrogen-bond acceptors (Lipinski definition) is 3. The second kappa shape index (κ2) is 8.58. The highest BCUT2D eigenvalue weighted by atomic mass is 32.2. The molecule has 0 aliphatic heterocycles. The zero-order valence-electron chi connectivity index (χ0n) is 19.1. The minimum absolute atomic E-state index is 0.0172. The van der Waals surface area contributed by atoms with Crippen molar-refractivity contribution in [2.75, 3.05) is 6.54 Å². The van der Waals surface area contributed by atoms with Crippen molar-refractivity contribution < 1.29 is 13.2 Å². The van der Waals surface area contributed by atoms with E-state index in [1.54, 1.807) is 12.1 Å². The van der Waals surface area contributed by atoms with Crippen LogP contribution in [0.15, 0.2) is 34.7 Å². The highest BCUT2D eigenvalue weighted by Crippen LogP contribution is 2.65. The molecule has 4 nitrogen and oxygen atoms in total. The van der Waals surface area contributed by atoms with Crippen LogP contribution in [0.2, 0.25) is 0 Å². The van der Waals surface area contributed by atoms with E-state index in [1.807, 2.05) is 18.2 Å². The molecule has 3 rings (SSSR count). The van der Waals surface area contributed by atoms with E-state index in [-0.39, 0.29) is 27.4 Å². The Bertz CT molecular complexity index is 914. The normalized spacial score (nSPS) is 27.7. The molecule has 30 heavy (non-hydrogen) atoms. The van der Waals surface area contributed by atoms with E-state index in [1.165, 1.54) is 0 Å². The van der Waals surface area contributed by atoms with Crippen LogP contribution in [-0.2, 0) is 14.8 Å². The number of Topliss-reactive ketones (excluding diaryl/α,β-unsaturated/α-hetero) is 1. The lowest BCUT2D eigenvalue weighted by atomic mass is 9.70. The van der Waals surface area contributed by atoms with Crippen LogP contribution >= 0.6 is 0 Å². The van der Waals surface area contributed by atoms with Crippen molar-refractivity contribution in [1.82, 2.24) is 4.72 Å². The Kier molecular flexibility index (Phi) is 6.64. The van der Waals surface area contributed by atoms with Crippen LogP contribution in [0.4, 0.5) is 0 Å². The maximum atomic E-state index is 13.0. The lowest BCUT2D eigenvalue weighted by Crippen LogP contribution is -2.32. The topological polar surface area (TPSA) is 63.2 Å². The molecule has 0 amide bonds. The third kappa shape index (κ3) is 4.03. The van der Waals surface area contributed by atoms with Crippen LogP contribution in [-0.4, -0.2) is 20.7 Å². The molecule has 1 aromatic carbocycles. The monoisotopic (exact) mass is 431 g/mol. The zero-order chi connectivity index (χ0) is 22.2. The average Bonchev–Trinajstić information content (AvgIpc) is 3.02. The van der Waals surface area contributed by atoms with Crippen LogP contribution in [0.3, 0.4) is 0 Å². The fourth-order valence-corrected chi connectivity index (χ4v) is 6.39. The molecule has 3 unspecified atom stereocenters. The molecule has 0 saturated heterocycles. The fraction of sp³-hybridized carbons (Fsp3) is 0.640. The molecule has 5 heteroatoms. The Labute approximate surface area is 182 Å². The number of fused-ring (bicyclic) bond motifs is 2. The van der Waals surface area contributed by atoms with Crippen LogP contribution in [0.5, 0.6) is 0 Å². The molecule has 1 aromatic rings. The molecule has 2 aliphatic rings. The van der Waals surface area contributed by atoms with Crippen LogP contribution in [0.25, 0.3) is 6.08 Å². The summed E-state index contributed by atoms with van der Waals surface area (Å²) in [7, 11) is -3.52. The standard InChI is InChI=1S/C25H37NO3S/c1-6-8-9-18(7-2)17-26-30(28,29)20-12-10-19(11-13-20)16-21-22-14-15-25(5,23(21)27)24(22,3)4/h10-13,16,18,22,26H,6-9,14-15,17H2,1-5H3. The average molecular weight is 432 g/mol. The van der Waals surface area contributed by atoms with Gasteiger partial charge < -0.3 is 0 Å². The Morgan fingerprint density at radius 3 is 2.37 bits per heavy atom. The Morgan fingerprint density at radius 1 is 1.17 bits per heavy atom. The van der Waals surface area contributed by atoms with Gasteiger partial charge >= 0.3 is 0 Å². The smallest absolute Gasteiger partial charge is 0.240 e. The number of nitrogens with one attached hydrogen (secondary N) is 1.